The van der Waals surface area contributed by atoms with Gasteiger partial charge in [-0.25, -0.2) is 4.98 Å². The predicted octanol–water partition coefficient (Wildman–Crippen LogP) is 3.80. The number of nitrogens with one attached hydrogen (secondary N) is 2. The van der Waals surface area contributed by atoms with E-state index < -0.39 is 6.23 Å². The van der Waals surface area contributed by atoms with E-state index in [1.807, 2.05) is 13.8 Å². The van der Waals surface area contributed by atoms with Crippen molar-refractivity contribution in [3.8, 4) is 0 Å². The van der Waals surface area contributed by atoms with Crippen molar-refractivity contribution < 1.29 is 9.90 Å². The second-order valence-electron chi connectivity index (χ2n) is 5.94. The third-order valence-corrected chi connectivity index (χ3v) is 4.08. The number of aliphatic hydroxyl groups excluding tert-OH is 1. The lowest BCUT2D eigenvalue weighted by Gasteiger charge is -2.17. The average Bonchev–Trinajstić information content (AvgIpc) is 2.50. The van der Waals surface area contributed by atoms with Crippen molar-refractivity contribution in [2.24, 2.45) is 5.92 Å². The van der Waals surface area contributed by atoms with Crippen molar-refractivity contribution in [2.75, 3.05) is 10.6 Å². The highest BCUT2D eigenvalue weighted by atomic mass is 127. The molecule has 6 nitrogen and oxygen atoms in total. The van der Waals surface area contributed by atoms with Gasteiger partial charge in [0, 0.05) is 17.4 Å². The average molecular weight is 440 g/mol. The topological polar surface area (TPSA) is 87.1 Å². The summed E-state index contributed by atoms with van der Waals surface area (Å²) in [6.07, 6.45) is 1.66. The lowest BCUT2D eigenvalue weighted by Crippen LogP contribution is -2.22. The fraction of sp³-hybridized carbons (Fsp3) is 0.353. The van der Waals surface area contributed by atoms with E-state index in [1.54, 1.807) is 30.5 Å². The van der Waals surface area contributed by atoms with Crippen LogP contribution in [0.2, 0.25) is 0 Å². The number of aromatic nitrogens is 2. The molecule has 7 heteroatoms. The summed E-state index contributed by atoms with van der Waals surface area (Å²) >= 11 is 2.12. The van der Waals surface area contributed by atoms with Gasteiger partial charge in [-0.15, -0.1) is 0 Å². The summed E-state index contributed by atoms with van der Waals surface area (Å²) in [4.78, 5) is 19.9. The van der Waals surface area contributed by atoms with E-state index in [0.29, 0.717) is 29.7 Å². The molecule has 0 spiro atoms. The summed E-state index contributed by atoms with van der Waals surface area (Å²) in [6, 6.07) is 7.11. The molecule has 0 aliphatic rings. The smallest absolute Gasteiger partial charge is 0.229 e. The van der Waals surface area contributed by atoms with Gasteiger partial charge in [-0.2, -0.15) is 4.98 Å². The molecule has 0 aliphatic heterocycles. The van der Waals surface area contributed by atoms with Crippen molar-refractivity contribution in [1.82, 2.24) is 9.97 Å². The van der Waals surface area contributed by atoms with Crippen LogP contribution in [0.3, 0.4) is 0 Å². The van der Waals surface area contributed by atoms with Crippen LogP contribution in [0.4, 0.5) is 17.5 Å². The summed E-state index contributed by atoms with van der Waals surface area (Å²) in [6.45, 7) is 5.63. The quantitative estimate of drug-likeness (QED) is 0.345. The zero-order valence-electron chi connectivity index (χ0n) is 13.9. The summed E-state index contributed by atoms with van der Waals surface area (Å²) in [5.41, 5.74) is 1.44. The predicted molar refractivity (Wildman–Crippen MR) is 104 cm³/mol. The minimum absolute atomic E-state index is 0.0256. The molecular formula is C17H21IN4O2. The highest BCUT2D eigenvalue weighted by molar-refractivity contribution is 14.1. The van der Waals surface area contributed by atoms with Crippen LogP contribution in [-0.2, 0) is 0 Å². The Morgan fingerprint density at radius 2 is 1.96 bits per heavy atom. The molecule has 0 bridgehead atoms. The van der Waals surface area contributed by atoms with E-state index in [0.717, 1.165) is 9.26 Å². The van der Waals surface area contributed by atoms with Gasteiger partial charge >= 0.3 is 0 Å². The van der Waals surface area contributed by atoms with Gasteiger partial charge in [0.25, 0.3) is 0 Å². The molecule has 3 N–H and O–H groups in total. The van der Waals surface area contributed by atoms with E-state index in [9.17, 15) is 9.90 Å². The van der Waals surface area contributed by atoms with Gasteiger partial charge < -0.3 is 15.7 Å². The molecule has 2 rings (SSSR count). The van der Waals surface area contributed by atoms with Crippen molar-refractivity contribution in [2.45, 2.75) is 33.4 Å². The molecule has 0 radical (unpaired) electrons. The van der Waals surface area contributed by atoms with Gasteiger partial charge in [0.1, 0.15) is 12.0 Å². The number of nitrogens with zero attached hydrogens (tertiary/aromatic N) is 2. The Morgan fingerprint density at radius 3 is 2.54 bits per heavy atom. The van der Waals surface area contributed by atoms with Gasteiger partial charge in [-0.3, -0.25) is 4.79 Å². The number of Topliss-reactive ketones (excluding diaryl/α,β-unsaturated/α-hetero) is 1. The Labute approximate surface area is 155 Å². The highest BCUT2D eigenvalue weighted by Crippen LogP contribution is 2.20. The standard InChI is InChI=1S/C17H21IN4O2/c1-10(2)8-15(24)21-16-14(18)9-19-17(22-16)20-13-6-4-12(5-7-13)11(3)23/h4-7,9-10,15,24H,8H2,1-3H3,(H2,19,20,21,22). The first-order valence-corrected chi connectivity index (χ1v) is 8.78. The molecule has 1 aromatic carbocycles. The number of aliphatic hydroxyl groups is 1. The number of hydrogen-bond acceptors (Lipinski definition) is 6. The van der Waals surface area contributed by atoms with Crippen LogP contribution in [0.15, 0.2) is 30.5 Å². The van der Waals surface area contributed by atoms with Crippen LogP contribution in [0.25, 0.3) is 0 Å². The molecule has 0 fully saturated rings. The number of hydrogen-bond donors (Lipinski definition) is 3. The normalized spacial score (nSPS) is 12.1. The first kappa shape index (κ1) is 18.6. The Bertz CT molecular complexity index is 704. The van der Waals surface area contributed by atoms with E-state index in [4.69, 9.17) is 0 Å². The van der Waals surface area contributed by atoms with Gasteiger partial charge in [-0.05, 0) is 66.1 Å². The van der Waals surface area contributed by atoms with E-state index >= 15 is 0 Å². The van der Waals surface area contributed by atoms with Crippen molar-refractivity contribution in [1.29, 1.82) is 0 Å². The number of carbonyl (C=O) groups is 1. The van der Waals surface area contributed by atoms with Gasteiger partial charge in [0.2, 0.25) is 5.95 Å². The van der Waals surface area contributed by atoms with Crippen LogP contribution in [0, 0.1) is 9.49 Å². The zero-order chi connectivity index (χ0) is 17.7. The molecule has 0 saturated heterocycles. The van der Waals surface area contributed by atoms with Crippen LogP contribution in [0.1, 0.15) is 37.6 Å². The Hall–Kier alpha value is -1.74. The molecule has 0 aliphatic carbocycles. The van der Waals surface area contributed by atoms with Gasteiger partial charge in [-0.1, -0.05) is 13.8 Å². The zero-order valence-corrected chi connectivity index (χ0v) is 16.0. The van der Waals surface area contributed by atoms with E-state index in [1.165, 1.54) is 6.92 Å². The maximum atomic E-state index is 11.3. The Kier molecular flexibility index (Phi) is 6.50. The fourth-order valence-electron chi connectivity index (χ4n) is 2.11. The molecular weight excluding hydrogens is 419 g/mol. The minimum Gasteiger partial charge on any atom is -0.374 e. The maximum Gasteiger partial charge on any atom is 0.229 e. The van der Waals surface area contributed by atoms with E-state index in [-0.39, 0.29) is 5.78 Å². The number of benzene rings is 1. The molecule has 2 aromatic rings. The van der Waals surface area contributed by atoms with Crippen LogP contribution >= 0.6 is 22.6 Å². The number of ketones is 1. The molecule has 0 saturated carbocycles. The minimum atomic E-state index is -0.656. The molecule has 1 heterocycles. The van der Waals surface area contributed by atoms with Crippen LogP contribution in [-0.4, -0.2) is 27.1 Å². The molecule has 1 aromatic heterocycles. The molecule has 24 heavy (non-hydrogen) atoms. The molecule has 128 valence electrons. The second kappa shape index (κ2) is 8.39. The van der Waals surface area contributed by atoms with Crippen molar-refractivity contribution >= 4 is 45.8 Å². The highest BCUT2D eigenvalue weighted by Gasteiger charge is 2.11. The Morgan fingerprint density at radius 1 is 1.29 bits per heavy atom. The third kappa shape index (κ3) is 5.41. The fourth-order valence-corrected chi connectivity index (χ4v) is 2.52. The SMILES string of the molecule is CC(=O)c1ccc(Nc2ncc(I)c(NC(O)CC(C)C)n2)cc1. The first-order chi connectivity index (χ1) is 11.3. The van der Waals surface area contributed by atoms with E-state index in [2.05, 4.69) is 43.2 Å². The van der Waals surface area contributed by atoms with Crippen molar-refractivity contribution in [3.63, 3.8) is 0 Å². The van der Waals surface area contributed by atoms with Crippen molar-refractivity contribution in [3.05, 3.63) is 39.6 Å². The summed E-state index contributed by atoms with van der Waals surface area (Å²) < 4.78 is 0.827. The molecule has 1 unspecified atom stereocenters. The first-order valence-electron chi connectivity index (χ1n) is 7.70. The monoisotopic (exact) mass is 440 g/mol. The molecule has 0 amide bonds. The number of anilines is 3. The second-order valence-corrected chi connectivity index (χ2v) is 7.10. The van der Waals surface area contributed by atoms with Crippen LogP contribution in [0.5, 0.6) is 0 Å². The van der Waals surface area contributed by atoms with Gasteiger partial charge in [0.15, 0.2) is 5.78 Å². The number of rotatable bonds is 7. The summed E-state index contributed by atoms with van der Waals surface area (Å²) in [7, 11) is 0. The maximum absolute atomic E-state index is 11.3. The summed E-state index contributed by atoms with van der Waals surface area (Å²) in [5, 5.41) is 16.1. The lowest BCUT2D eigenvalue weighted by molar-refractivity contribution is 0.101. The number of halogens is 1. The number of carbonyl (C=O) groups excluding carboxylic acids is 1. The Balaban J connectivity index is 2.11. The van der Waals surface area contributed by atoms with Crippen LogP contribution < -0.4 is 10.6 Å². The largest absolute Gasteiger partial charge is 0.374 e. The van der Waals surface area contributed by atoms with Gasteiger partial charge in [0.05, 0.1) is 3.57 Å². The summed E-state index contributed by atoms with van der Waals surface area (Å²) in [5.74, 6) is 1.41. The molecule has 1 atom stereocenters. The third-order valence-electron chi connectivity index (χ3n) is 3.29. The lowest BCUT2D eigenvalue weighted by atomic mass is 10.1.